The molecule has 1 amide bonds. The van der Waals surface area contributed by atoms with Gasteiger partial charge >= 0.3 is 0 Å². The van der Waals surface area contributed by atoms with Crippen molar-refractivity contribution in [3.05, 3.63) is 29.5 Å². The third kappa shape index (κ3) is 3.01. The Labute approximate surface area is 148 Å². The lowest BCUT2D eigenvalue weighted by Gasteiger charge is -2.38. The maximum absolute atomic E-state index is 13.1. The second kappa shape index (κ2) is 6.06. The molecule has 5 heteroatoms. The molecule has 1 aromatic heterocycles. The first-order valence-electron chi connectivity index (χ1n) is 9.07. The number of aromatic amines is 1. The summed E-state index contributed by atoms with van der Waals surface area (Å²) < 4.78 is 11.1. The van der Waals surface area contributed by atoms with Crippen molar-refractivity contribution < 1.29 is 14.3 Å². The van der Waals surface area contributed by atoms with Gasteiger partial charge in [-0.05, 0) is 44.9 Å². The van der Waals surface area contributed by atoms with Gasteiger partial charge in [-0.3, -0.25) is 4.79 Å². The molecule has 0 aliphatic carbocycles. The summed E-state index contributed by atoms with van der Waals surface area (Å²) in [6.07, 6.45) is 2.51. The van der Waals surface area contributed by atoms with Crippen molar-refractivity contribution in [2.45, 2.75) is 45.3 Å². The summed E-state index contributed by atoms with van der Waals surface area (Å²) in [7, 11) is 1.68. The van der Waals surface area contributed by atoms with Gasteiger partial charge in [-0.15, -0.1) is 0 Å². The van der Waals surface area contributed by atoms with E-state index in [2.05, 4.69) is 31.0 Å². The SMILES string of the molecule is COc1ccc2[nH]c3c(c2c1)CN(C(=O)C1CCOC(C)(C)C1)CC3. The van der Waals surface area contributed by atoms with Crippen LogP contribution in [0.3, 0.4) is 0 Å². The zero-order valence-electron chi connectivity index (χ0n) is 15.2. The van der Waals surface area contributed by atoms with Crippen molar-refractivity contribution in [1.82, 2.24) is 9.88 Å². The summed E-state index contributed by atoms with van der Waals surface area (Å²) >= 11 is 0. The number of carbonyl (C=O) groups is 1. The number of carbonyl (C=O) groups excluding carboxylic acids is 1. The van der Waals surface area contributed by atoms with Gasteiger partial charge in [0.05, 0.1) is 12.7 Å². The zero-order chi connectivity index (χ0) is 17.6. The number of rotatable bonds is 2. The lowest BCUT2D eigenvalue weighted by Crippen LogP contribution is -2.45. The number of fused-ring (bicyclic) bond motifs is 3. The molecule has 4 rings (SSSR count). The van der Waals surface area contributed by atoms with Crippen LogP contribution in [0.15, 0.2) is 18.2 Å². The number of ether oxygens (including phenoxy) is 2. The molecule has 0 radical (unpaired) electrons. The van der Waals surface area contributed by atoms with Gasteiger partial charge in [0.2, 0.25) is 5.91 Å². The molecule has 1 unspecified atom stereocenters. The topological polar surface area (TPSA) is 54.6 Å². The Morgan fingerprint density at radius 2 is 2.24 bits per heavy atom. The Morgan fingerprint density at radius 3 is 3.00 bits per heavy atom. The van der Waals surface area contributed by atoms with E-state index < -0.39 is 0 Å². The second-order valence-electron chi connectivity index (χ2n) is 7.80. The van der Waals surface area contributed by atoms with Crippen LogP contribution in [0.1, 0.15) is 37.9 Å². The molecule has 1 atom stereocenters. The van der Waals surface area contributed by atoms with Crippen molar-refractivity contribution in [3.63, 3.8) is 0 Å². The van der Waals surface area contributed by atoms with Crippen LogP contribution in [0.4, 0.5) is 0 Å². The number of aromatic nitrogens is 1. The van der Waals surface area contributed by atoms with E-state index in [1.807, 2.05) is 11.0 Å². The van der Waals surface area contributed by atoms with Crippen LogP contribution < -0.4 is 4.74 Å². The van der Waals surface area contributed by atoms with Crippen LogP contribution in [0, 0.1) is 5.92 Å². The van der Waals surface area contributed by atoms with E-state index in [1.54, 1.807) is 7.11 Å². The van der Waals surface area contributed by atoms with Gasteiger partial charge in [-0.1, -0.05) is 0 Å². The summed E-state index contributed by atoms with van der Waals surface area (Å²) in [5, 5.41) is 1.17. The van der Waals surface area contributed by atoms with Crippen molar-refractivity contribution >= 4 is 16.8 Å². The fraction of sp³-hybridized carbons (Fsp3) is 0.550. The van der Waals surface area contributed by atoms with E-state index in [-0.39, 0.29) is 17.4 Å². The Bertz CT molecular complexity index is 809. The first-order valence-corrected chi connectivity index (χ1v) is 9.07. The van der Waals surface area contributed by atoms with E-state index in [0.717, 1.165) is 37.1 Å². The molecule has 2 aromatic rings. The molecule has 1 N–H and O–H groups in total. The van der Waals surface area contributed by atoms with Crippen LogP contribution in [0.5, 0.6) is 5.75 Å². The minimum Gasteiger partial charge on any atom is -0.497 e. The minimum absolute atomic E-state index is 0.0741. The van der Waals surface area contributed by atoms with Gasteiger partial charge in [-0.25, -0.2) is 0 Å². The number of benzene rings is 1. The molecule has 2 aliphatic rings. The monoisotopic (exact) mass is 342 g/mol. The van der Waals surface area contributed by atoms with Crippen molar-refractivity contribution in [1.29, 1.82) is 0 Å². The van der Waals surface area contributed by atoms with Gasteiger partial charge < -0.3 is 19.4 Å². The number of nitrogens with one attached hydrogen (secondary N) is 1. The van der Waals surface area contributed by atoms with Crippen molar-refractivity contribution in [2.24, 2.45) is 5.92 Å². The third-order valence-electron chi connectivity index (χ3n) is 5.54. The van der Waals surface area contributed by atoms with Gasteiger partial charge in [0.1, 0.15) is 5.75 Å². The highest BCUT2D eigenvalue weighted by molar-refractivity contribution is 5.87. The highest BCUT2D eigenvalue weighted by Gasteiger charge is 2.36. The largest absolute Gasteiger partial charge is 0.497 e. The zero-order valence-corrected chi connectivity index (χ0v) is 15.2. The van der Waals surface area contributed by atoms with Gasteiger partial charge in [0, 0.05) is 54.2 Å². The molecule has 1 aromatic carbocycles. The summed E-state index contributed by atoms with van der Waals surface area (Å²) in [6, 6.07) is 6.09. The first kappa shape index (κ1) is 16.5. The van der Waals surface area contributed by atoms with Crippen LogP contribution in [0.2, 0.25) is 0 Å². The highest BCUT2D eigenvalue weighted by atomic mass is 16.5. The van der Waals surface area contributed by atoms with Crippen molar-refractivity contribution in [3.8, 4) is 5.75 Å². The number of H-pyrrole nitrogens is 1. The summed E-state index contributed by atoms with van der Waals surface area (Å²) in [5.74, 6) is 1.20. The fourth-order valence-corrected chi connectivity index (χ4v) is 4.21. The fourth-order valence-electron chi connectivity index (χ4n) is 4.21. The summed E-state index contributed by atoms with van der Waals surface area (Å²) in [6.45, 7) is 6.29. The van der Waals surface area contributed by atoms with E-state index in [0.29, 0.717) is 13.2 Å². The van der Waals surface area contributed by atoms with Crippen LogP contribution >= 0.6 is 0 Å². The normalized spacial score (nSPS) is 22.7. The van der Waals surface area contributed by atoms with Gasteiger partial charge in [0.15, 0.2) is 0 Å². The molecule has 5 nitrogen and oxygen atoms in total. The first-order chi connectivity index (χ1) is 12.0. The molecule has 0 saturated carbocycles. The molecule has 0 bridgehead atoms. The number of nitrogens with zero attached hydrogens (tertiary/aromatic N) is 1. The molecule has 25 heavy (non-hydrogen) atoms. The Morgan fingerprint density at radius 1 is 1.40 bits per heavy atom. The molecule has 1 fully saturated rings. The average Bonchev–Trinajstić information content (AvgIpc) is 2.97. The summed E-state index contributed by atoms with van der Waals surface area (Å²) in [4.78, 5) is 18.6. The maximum atomic E-state index is 13.1. The third-order valence-corrected chi connectivity index (χ3v) is 5.54. The summed E-state index contributed by atoms with van der Waals surface area (Å²) in [5.41, 5.74) is 3.40. The Kier molecular flexibility index (Phi) is 3.99. The molecule has 3 heterocycles. The molecular weight excluding hydrogens is 316 g/mol. The van der Waals surface area contributed by atoms with E-state index in [9.17, 15) is 4.79 Å². The van der Waals surface area contributed by atoms with Crippen LogP contribution in [-0.4, -0.2) is 41.7 Å². The van der Waals surface area contributed by atoms with Gasteiger partial charge in [0.25, 0.3) is 0 Å². The predicted octanol–water partition coefficient (Wildman–Crippen LogP) is 3.27. The lowest BCUT2D eigenvalue weighted by molar-refractivity contribution is -0.146. The maximum Gasteiger partial charge on any atom is 0.226 e. The Balaban J connectivity index is 1.58. The smallest absolute Gasteiger partial charge is 0.226 e. The number of hydrogen-bond donors (Lipinski definition) is 1. The number of methoxy groups -OCH3 is 1. The number of hydrogen-bond acceptors (Lipinski definition) is 3. The lowest BCUT2D eigenvalue weighted by atomic mass is 9.87. The molecular formula is C20H26N2O3. The molecule has 2 aliphatic heterocycles. The van der Waals surface area contributed by atoms with E-state index >= 15 is 0 Å². The molecule has 1 saturated heterocycles. The predicted molar refractivity (Wildman–Crippen MR) is 96.7 cm³/mol. The number of amides is 1. The van der Waals surface area contributed by atoms with E-state index in [1.165, 1.54) is 16.6 Å². The second-order valence-corrected chi connectivity index (χ2v) is 7.80. The highest BCUT2D eigenvalue weighted by Crippen LogP contribution is 2.34. The van der Waals surface area contributed by atoms with Gasteiger partial charge in [-0.2, -0.15) is 0 Å². The van der Waals surface area contributed by atoms with Crippen LogP contribution in [-0.2, 0) is 22.5 Å². The van der Waals surface area contributed by atoms with Crippen molar-refractivity contribution in [2.75, 3.05) is 20.3 Å². The van der Waals surface area contributed by atoms with E-state index in [4.69, 9.17) is 9.47 Å². The Hall–Kier alpha value is -2.01. The quantitative estimate of drug-likeness (QED) is 0.911. The molecule has 134 valence electrons. The van der Waals surface area contributed by atoms with Crippen LogP contribution in [0.25, 0.3) is 10.9 Å². The minimum atomic E-state index is -0.201. The standard InChI is InChI=1S/C20H26N2O3/c1-20(2)11-13(7-9-25-20)19(23)22-8-6-18-16(12-22)15-10-14(24-3)4-5-17(15)21-18/h4-5,10,13,21H,6-9,11-12H2,1-3H3. The average molecular weight is 342 g/mol. The molecule has 0 spiro atoms.